The SMILES string of the molecule is O=C(CCCCCCCCCCCCCO)NO. The van der Waals surface area contributed by atoms with Gasteiger partial charge in [0.2, 0.25) is 5.91 Å². The average molecular weight is 259 g/mol. The predicted molar refractivity (Wildman–Crippen MR) is 72.4 cm³/mol. The smallest absolute Gasteiger partial charge is 0.243 e. The van der Waals surface area contributed by atoms with Crippen LogP contribution >= 0.6 is 0 Å². The Kier molecular flexibility index (Phi) is 14.0. The number of amides is 1. The molecule has 0 bridgehead atoms. The highest BCUT2D eigenvalue weighted by Gasteiger charge is 1.98. The maximum absolute atomic E-state index is 10.7. The fourth-order valence-corrected chi connectivity index (χ4v) is 2.04. The Morgan fingerprint density at radius 1 is 0.722 bits per heavy atom. The van der Waals surface area contributed by atoms with Gasteiger partial charge in [-0.2, -0.15) is 0 Å². The molecule has 4 nitrogen and oxygen atoms in total. The van der Waals surface area contributed by atoms with Crippen molar-refractivity contribution in [2.24, 2.45) is 0 Å². The van der Waals surface area contributed by atoms with Crippen LogP contribution in [0.15, 0.2) is 0 Å². The van der Waals surface area contributed by atoms with Crippen LogP contribution in [0.4, 0.5) is 0 Å². The zero-order valence-electron chi connectivity index (χ0n) is 11.5. The number of hydrogen-bond acceptors (Lipinski definition) is 3. The van der Waals surface area contributed by atoms with E-state index in [0.29, 0.717) is 13.0 Å². The van der Waals surface area contributed by atoms with E-state index in [1.165, 1.54) is 44.9 Å². The molecule has 0 aliphatic carbocycles. The first-order chi connectivity index (χ1) is 8.81. The highest BCUT2D eigenvalue weighted by Crippen LogP contribution is 2.11. The van der Waals surface area contributed by atoms with Gasteiger partial charge < -0.3 is 5.11 Å². The first kappa shape index (κ1) is 17.4. The first-order valence-electron chi connectivity index (χ1n) is 7.35. The summed E-state index contributed by atoms with van der Waals surface area (Å²) in [6, 6.07) is 0. The molecule has 0 rings (SSSR count). The van der Waals surface area contributed by atoms with Crippen molar-refractivity contribution in [1.82, 2.24) is 5.48 Å². The molecule has 0 saturated heterocycles. The quantitative estimate of drug-likeness (QED) is 0.270. The van der Waals surface area contributed by atoms with Crippen LogP contribution in [0, 0.1) is 0 Å². The van der Waals surface area contributed by atoms with E-state index in [-0.39, 0.29) is 5.91 Å². The molecule has 0 aliphatic rings. The third-order valence-electron chi connectivity index (χ3n) is 3.19. The lowest BCUT2D eigenvalue weighted by Crippen LogP contribution is -2.17. The molecular formula is C14H29NO3. The Bertz CT molecular complexity index is 186. The summed E-state index contributed by atoms with van der Waals surface area (Å²) in [5.74, 6) is -0.280. The molecule has 0 aromatic rings. The van der Waals surface area contributed by atoms with Crippen molar-refractivity contribution in [1.29, 1.82) is 0 Å². The van der Waals surface area contributed by atoms with Gasteiger partial charge in [0.15, 0.2) is 0 Å². The van der Waals surface area contributed by atoms with Crippen LogP contribution in [0.5, 0.6) is 0 Å². The van der Waals surface area contributed by atoms with E-state index in [0.717, 1.165) is 25.7 Å². The van der Waals surface area contributed by atoms with E-state index < -0.39 is 0 Å². The zero-order chi connectivity index (χ0) is 13.5. The molecule has 4 heteroatoms. The number of rotatable bonds is 13. The second-order valence-electron chi connectivity index (χ2n) is 4.90. The molecule has 0 aromatic heterocycles. The molecule has 0 unspecified atom stereocenters. The second-order valence-corrected chi connectivity index (χ2v) is 4.90. The molecular weight excluding hydrogens is 230 g/mol. The number of unbranched alkanes of at least 4 members (excludes halogenated alkanes) is 10. The molecule has 108 valence electrons. The van der Waals surface area contributed by atoms with Crippen molar-refractivity contribution >= 4 is 5.91 Å². The number of hydroxylamine groups is 1. The van der Waals surface area contributed by atoms with E-state index >= 15 is 0 Å². The third kappa shape index (κ3) is 13.5. The van der Waals surface area contributed by atoms with Crippen LogP contribution in [-0.2, 0) is 4.79 Å². The Morgan fingerprint density at radius 3 is 1.50 bits per heavy atom. The van der Waals surface area contributed by atoms with Crippen molar-refractivity contribution in [3.8, 4) is 0 Å². The molecule has 1 amide bonds. The topological polar surface area (TPSA) is 69.6 Å². The molecule has 0 saturated carbocycles. The summed E-state index contributed by atoms with van der Waals surface area (Å²) < 4.78 is 0. The van der Waals surface area contributed by atoms with Gasteiger partial charge in [0.1, 0.15) is 0 Å². The van der Waals surface area contributed by atoms with Crippen LogP contribution in [0.1, 0.15) is 77.0 Å². The van der Waals surface area contributed by atoms with Crippen molar-refractivity contribution < 1.29 is 15.1 Å². The maximum Gasteiger partial charge on any atom is 0.243 e. The molecule has 0 aliphatic heterocycles. The van der Waals surface area contributed by atoms with Crippen LogP contribution in [0.25, 0.3) is 0 Å². The fourth-order valence-electron chi connectivity index (χ4n) is 2.04. The third-order valence-corrected chi connectivity index (χ3v) is 3.19. The number of hydrogen-bond donors (Lipinski definition) is 3. The molecule has 0 heterocycles. The van der Waals surface area contributed by atoms with Gasteiger partial charge in [-0.05, 0) is 12.8 Å². The van der Waals surface area contributed by atoms with Gasteiger partial charge in [0.05, 0.1) is 0 Å². The minimum atomic E-state index is -0.280. The van der Waals surface area contributed by atoms with Crippen molar-refractivity contribution in [3.63, 3.8) is 0 Å². The van der Waals surface area contributed by atoms with Gasteiger partial charge >= 0.3 is 0 Å². The molecule has 18 heavy (non-hydrogen) atoms. The van der Waals surface area contributed by atoms with Crippen molar-refractivity contribution in [2.45, 2.75) is 77.0 Å². The summed E-state index contributed by atoms with van der Waals surface area (Å²) >= 11 is 0. The largest absolute Gasteiger partial charge is 0.396 e. The van der Waals surface area contributed by atoms with Gasteiger partial charge in [-0.3, -0.25) is 10.0 Å². The predicted octanol–water partition coefficient (Wildman–Crippen LogP) is 3.17. The summed E-state index contributed by atoms with van der Waals surface area (Å²) in [6.07, 6.45) is 13.3. The van der Waals surface area contributed by atoms with Crippen LogP contribution in [-0.4, -0.2) is 22.8 Å². The molecule has 0 atom stereocenters. The number of nitrogens with one attached hydrogen (secondary N) is 1. The van der Waals surface area contributed by atoms with Gasteiger partial charge in [-0.1, -0.05) is 57.8 Å². The van der Waals surface area contributed by atoms with E-state index in [9.17, 15) is 4.79 Å². The maximum atomic E-state index is 10.7. The van der Waals surface area contributed by atoms with E-state index in [1.807, 2.05) is 0 Å². The molecule has 3 N–H and O–H groups in total. The molecule has 0 fully saturated rings. The van der Waals surface area contributed by atoms with Gasteiger partial charge in [-0.25, -0.2) is 5.48 Å². The number of carbonyl (C=O) groups is 1. The zero-order valence-corrected chi connectivity index (χ0v) is 11.5. The Balaban J connectivity index is 2.97. The number of aliphatic hydroxyl groups is 1. The Hall–Kier alpha value is -0.610. The summed E-state index contributed by atoms with van der Waals surface area (Å²) in [4.78, 5) is 10.7. The highest BCUT2D eigenvalue weighted by molar-refractivity contribution is 5.74. The fraction of sp³-hybridized carbons (Fsp3) is 0.929. The summed E-state index contributed by atoms with van der Waals surface area (Å²) in [5.41, 5.74) is 1.65. The first-order valence-corrected chi connectivity index (χ1v) is 7.35. The number of aliphatic hydroxyl groups excluding tert-OH is 1. The van der Waals surface area contributed by atoms with Gasteiger partial charge in [-0.15, -0.1) is 0 Å². The second kappa shape index (κ2) is 14.5. The van der Waals surface area contributed by atoms with Crippen LogP contribution in [0.3, 0.4) is 0 Å². The summed E-state index contributed by atoms with van der Waals surface area (Å²) in [6.45, 7) is 0.328. The van der Waals surface area contributed by atoms with Crippen LogP contribution in [0.2, 0.25) is 0 Å². The Labute approximate surface area is 111 Å². The van der Waals surface area contributed by atoms with E-state index in [4.69, 9.17) is 10.3 Å². The van der Waals surface area contributed by atoms with Crippen molar-refractivity contribution in [3.05, 3.63) is 0 Å². The molecule has 0 radical (unpaired) electrons. The number of carbonyl (C=O) groups excluding carboxylic acids is 1. The lowest BCUT2D eigenvalue weighted by molar-refractivity contribution is -0.129. The lowest BCUT2D eigenvalue weighted by atomic mass is 10.1. The average Bonchev–Trinajstić information content (AvgIpc) is 2.39. The molecule has 0 aromatic carbocycles. The van der Waals surface area contributed by atoms with Crippen molar-refractivity contribution in [2.75, 3.05) is 6.61 Å². The lowest BCUT2D eigenvalue weighted by Gasteiger charge is -2.02. The monoisotopic (exact) mass is 259 g/mol. The highest BCUT2D eigenvalue weighted by atomic mass is 16.5. The van der Waals surface area contributed by atoms with Gasteiger partial charge in [0, 0.05) is 13.0 Å². The van der Waals surface area contributed by atoms with Gasteiger partial charge in [0.25, 0.3) is 0 Å². The van der Waals surface area contributed by atoms with E-state index in [2.05, 4.69) is 0 Å². The summed E-state index contributed by atoms with van der Waals surface area (Å²) in [5, 5.41) is 16.9. The minimum Gasteiger partial charge on any atom is -0.396 e. The molecule has 0 spiro atoms. The minimum absolute atomic E-state index is 0.280. The van der Waals surface area contributed by atoms with Crippen LogP contribution < -0.4 is 5.48 Å². The standard InChI is InChI=1S/C14H29NO3/c16-13-11-9-7-5-3-1-2-4-6-8-10-12-14(17)15-18/h16,18H,1-13H2,(H,15,17). The normalized spacial score (nSPS) is 10.6. The Morgan fingerprint density at radius 2 is 1.11 bits per heavy atom. The summed E-state index contributed by atoms with van der Waals surface area (Å²) in [7, 11) is 0. The van der Waals surface area contributed by atoms with E-state index in [1.54, 1.807) is 5.48 Å².